The summed E-state index contributed by atoms with van der Waals surface area (Å²) in [4.78, 5) is 41.1. The molecule has 2 unspecified atom stereocenters. The number of anilines is 1. The van der Waals surface area contributed by atoms with Crippen molar-refractivity contribution in [2.24, 2.45) is 11.8 Å². The second kappa shape index (κ2) is 8.11. The molecule has 2 saturated heterocycles. The Labute approximate surface area is 160 Å². The molecule has 2 amide bonds. The molecule has 0 saturated carbocycles. The van der Waals surface area contributed by atoms with Crippen molar-refractivity contribution in [3.63, 3.8) is 0 Å². The third-order valence-electron chi connectivity index (χ3n) is 5.69. The van der Waals surface area contributed by atoms with Gasteiger partial charge in [-0.05, 0) is 50.8 Å². The van der Waals surface area contributed by atoms with E-state index in [0.29, 0.717) is 26.2 Å². The van der Waals surface area contributed by atoms with Gasteiger partial charge in [0.2, 0.25) is 11.8 Å². The van der Waals surface area contributed by atoms with Crippen LogP contribution in [0.4, 0.5) is 5.69 Å². The van der Waals surface area contributed by atoms with Gasteiger partial charge in [0.1, 0.15) is 0 Å². The van der Waals surface area contributed by atoms with E-state index in [4.69, 9.17) is 4.74 Å². The molecule has 1 aromatic carbocycles. The Morgan fingerprint density at radius 2 is 1.96 bits per heavy atom. The van der Waals surface area contributed by atoms with E-state index in [1.165, 1.54) is 0 Å². The lowest BCUT2D eigenvalue weighted by molar-refractivity contribution is -0.152. The van der Waals surface area contributed by atoms with Crippen LogP contribution in [0.25, 0.3) is 0 Å². The second-order valence-corrected chi connectivity index (χ2v) is 7.50. The van der Waals surface area contributed by atoms with Crippen molar-refractivity contribution in [2.75, 3.05) is 31.1 Å². The molecule has 6 nitrogen and oxygen atoms in total. The summed E-state index contributed by atoms with van der Waals surface area (Å²) in [5, 5.41) is 0. The van der Waals surface area contributed by atoms with E-state index >= 15 is 0 Å². The lowest BCUT2D eigenvalue weighted by atomic mass is 9.96. The minimum Gasteiger partial charge on any atom is -0.466 e. The van der Waals surface area contributed by atoms with Gasteiger partial charge in [0.15, 0.2) is 0 Å². The lowest BCUT2D eigenvalue weighted by Gasteiger charge is -2.33. The molecule has 0 N–H and O–H groups in total. The number of ether oxygens (including phenoxy) is 1. The highest BCUT2D eigenvalue weighted by atomic mass is 16.5. The van der Waals surface area contributed by atoms with E-state index in [1.54, 1.807) is 16.7 Å². The van der Waals surface area contributed by atoms with E-state index in [1.807, 2.05) is 32.0 Å². The summed E-state index contributed by atoms with van der Waals surface area (Å²) in [5.74, 6) is -0.867. The fourth-order valence-corrected chi connectivity index (χ4v) is 4.02. The van der Waals surface area contributed by atoms with Gasteiger partial charge in [-0.1, -0.05) is 12.1 Å². The number of hydrogen-bond acceptors (Lipinski definition) is 4. The van der Waals surface area contributed by atoms with Gasteiger partial charge in [-0.15, -0.1) is 0 Å². The standard InChI is InChI=1S/C21H28N2O4/c1-4-27-21(26)16-8-6-10-22(12-16)20(25)17-11-19(24)23(13-17)18-9-5-7-14(2)15(18)3/h5,7,9,16-17H,4,6,8,10-13H2,1-3H3. The highest BCUT2D eigenvalue weighted by molar-refractivity contribution is 6.01. The molecule has 1 aromatic rings. The zero-order chi connectivity index (χ0) is 19.6. The van der Waals surface area contributed by atoms with E-state index in [2.05, 4.69) is 0 Å². The quantitative estimate of drug-likeness (QED) is 0.762. The van der Waals surface area contributed by atoms with Gasteiger partial charge >= 0.3 is 5.97 Å². The van der Waals surface area contributed by atoms with Crippen LogP contribution in [0.15, 0.2) is 18.2 Å². The number of aryl methyl sites for hydroxylation is 1. The van der Waals surface area contributed by atoms with Gasteiger partial charge in [0.05, 0.1) is 18.4 Å². The Morgan fingerprint density at radius 1 is 1.19 bits per heavy atom. The van der Waals surface area contributed by atoms with Crippen LogP contribution in [0, 0.1) is 25.7 Å². The first-order valence-electron chi connectivity index (χ1n) is 9.74. The molecule has 146 valence electrons. The number of benzene rings is 1. The average Bonchev–Trinajstić information content (AvgIpc) is 3.05. The SMILES string of the molecule is CCOC(=O)C1CCCN(C(=O)C2CC(=O)N(c3cccc(C)c3C)C2)C1. The Hall–Kier alpha value is -2.37. The third kappa shape index (κ3) is 3.99. The number of nitrogens with zero attached hydrogens (tertiary/aromatic N) is 2. The van der Waals surface area contributed by atoms with Crippen molar-refractivity contribution in [2.45, 2.75) is 40.0 Å². The highest BCUT2D eigenvalue weighted by Crippen LogP contribution is 2.31. The van der Waals surface area contributed by atoms with Crippen LogP contribution >= 0.6 is 0 Å². The maximum Gasteiger partial charge on any atom is 0.310 e. The average molecular weight is 372 g/mol. The largest absolute Gasteiger partial charge is 0.466 e. The minimum absolute atomic E-state index is 0.0130. The van der Waals surface area contributed by atoms with Crippen LogP contribution in [0.1, 0.15) is 37.3 Å². The van der Waals surface area contributed by atoms with E-state index in [-0.39, 0.29) is 36.0 Å². The third-order valence-corrected chi connectivity index (χ3v) is 5.69. The molecule has 0 aliphatic carbocycles. The Morgan fingerprint density at radius 3 is 2.70 bits per heavy atom. The van der Waals surface area contributed by atoms with Crippen LogP contribution in [-0.2, 0) is 19.1 Å². The zero-order valence-electron chi connectivity index (χ0n) is 16.4. The maximum absolute atomic E-state index is 13.0. The summed E-state index contributed by atoms with van der Waals surface area (Å²) in [6.07, 6.45) is 1.77. The van der Waals surface area contributed by atoms with Crippen molar-refractivity contribution in [3.05, 3.63) is 29.3 Å². The lowest BCUT2D eigenvalue weighted by Crippen LogP contribution is -2.45. The Kier molecular flexibility index (Phi) is 5.82. The predicted octanol–water partition coefficient (Wildman–Crippen LogP) is 2.46. The number of hydrogen-bond donors (Lipinski definition) is 0. The second-order valence-electron chi connectivity index (χ2n) is 7.50. The summed E-state index contributed by atoms with van der Waals surface area (Å²) in [7, 11) is 0. The molecule has 2 heterocycles. The number of rotatable bonds is 4. The number of carbonyl (C=O) groups is 3. The summed E-state index contributed by atoms with van der Waals surface area (Å²) in [6.45, 7) is 7.60. The van der Waals surface area contributed by atoms with E-state index < -0.39 is 0 Å². The molecule has 3 rings (SSSR count). The minimum atomic E-state index is -0.349. The number of esters is 1. The molecule has 2 atom stereocenters. The highest BCUT2D eigenvalue weighted by Gasteiger charge is 2.39. The number of carbonyl (C=O) groups excluding carboxylic acids is 3. The van der Waals surface area contributed by atoms with Crippen LogP contribution in [0.5, 0.6) is 0 Å². The van der Waals surface area contributed by atoms with Gasteiger partial charge in [-0.3, -0.25) is 14.4 Å². The van der Waals surface area contributed by atoms with Gasteiger partial charge in [0.25, 0.3) is 0 Å². The summed E-state index contributed by atoms with van der Waals surface area (Å²) in [6, 6.07) is 5.89. The topological polar surface area (TPSA) is 66.9 Å². The van der Waals surface area contributed by atoms with Crippen molar-refractivity contribution >= 4 is 23.5 Å². The molecular weight excluding hydrogens is 344 g/mol. The first-order chi connectivity index (χ1) is 12.9. The smallest absolute Gasteiger partial charge is 0.310 e. The van der Waals surface area contributed by atoms with Gasteiger partial charge in [0, 0.05) is 31.7 Å². The number of likely N-dealkylation sites (tertiary alicyclic amines) is 1. The Bertz CT molecular complexity index is 746. The van der Waals surface area contributed by atoms with Gasteiger partial charge in [-0.25, -0.2) is 0 Å². The molecule has 0 bridgehead atoms. The van der Waals surface area contributed by atoms with Gasteiger partial charge < -0.3 is 14.5 Å². The van der Waals surface area contributed by atoms with Crippen LogP contribution in [0.3, 0.4) is 0 Å². The molecule has 0 spiro atoms. The monoisotopic (exact) mass is 372 g/mol. The van der Waals surface area contributed by atoms with E-state index in [0.717, 1.165) is 29.7 Å². The summed E-state index contributed by atoms with van der Waals surface area (Å²) < 4.78 is 5.11. The summed E-state index contributed by atoms with van der Waals surface area (Å²) >= 11 is 0. The first kappa shape index (κ1) is 19.4. The summed E-state index contributed by atoms with van der Waals surface area (Å²) in [5.41, 5.74) is 3.08. The van der Waals surface area contributed by atoms with Gasteiger partial charge in [-0.2, -0.15) is 0 Å². The zero-order valence-corrected chi connectivity index (χ0v) is 16.4. The molecule has 0 aromatic heterocycles. The van der Waals surface area contributed by atoms with Crippen molar-refractivity contribution < 1.29 is 19.1 Å². The Balaban J connectivity index is 1.68. The molecule has 2 aliphatic rings. The van der Waals surface area contributed by atoms with Crippen LogP contribution < -0.4 is 4.90 Å². The fraction of sp³-hybridized carbons (Fsp3) is 0.571. The van der Waals surface area contributed by atoms with Crippen molar-refractivity contribution in [3.8, 4) is 0 Å². The van der Waals surface area contributed by atoms with E-state index in [9.17, 15) is 14.4 Å². The molecule has 2 fully saturated rings. The van der Waals surface area contributed by atoms with Crippen LogP contribution in [-0.4, -0.2) is 48.9 Å². The maximum atomic E-state index is 13.0. The molecular formula is C21H28N2O4. The molecule has 6 heteroatoms. The number of amides is 2. The first-order valence-corrected chi connectivity index (χ1v) is 9.74. The van der Waals surface area contributed by atoms with Crippen molar-refractivity contribution in [1.82, 2.24) is 4.90 Å². The van der Waals surface area contributed by atoms with Crippen LogP contribution in [0.2, 0.25) is 0 Å². The number of piperidine rings is 1. The molecule has 2 aliphatic heterocycles. The van der Waals surface area contributed by atoms with Crippen molar-refractivity contribution in [1.29, 1.82) is 0 Å². The fourth-order valence-electron chi connectivity index (χ4n) is 4.02. The molecule has 27 heavy (non-hydrogen) atoms. The molecule has 0 radical (unpaired) electrons. The normalized spacial score (nSPS) is 22.9. The predicted molar refractivity (Wildman–Crippen MR) is 102 cm³/mol.